The van der Waals surface area contributed by atoms with Gasteiger partial charge in [0.15, 0.2) is 11.6 Å². The summed E-state index contributed by atoms with van der Waals surface area (Å²) in [4.78, 5) is 23.1. The predicted molar refractivity (Wildman–Crippen MR) is 136 cm³/mol. The number of ether oxygens (including phenoxy) is 1. The van der Waals surface area contributed by atoms with Gasteiger partial charge in [-0.2, -0.15) is 0 Å². The van der Waals surface area contributed by atoms with E-state index in [2.05, 4.69) is 58.2 Å². The minimum atomic E-state index is -0.311. The SMILES string of the molecule is COc1ccc(-n2c(CN3CCCC3C(N)=O)nnc2-c2ccc(-c3cccc(C)c3C)cn2)cn1. The van der Waals surface area contributed by atoms with Gasteiger partial charge in [0.05, 0.1) is 31.6 Å². The number of aromatic nitrogens is 5. The van der Waals surface area contributed by atoms with E-state index < -0.39 is 0 Å². The van der Waals surface area contributed by atoms with Crippen molar-refractivity contribution >= 4 is 5.91 Å². The number of primary amides is 1. The molecule has 0 bridgehead atoms. The zero-order chi connectivity index (χ0) is 25.2. The highest BCUT2D eigenvalue weighted by Crippen LogP contribution is 2.29. The van der Waals surface area contributed by atoms with Crippen molar-refractivity contribution in [2.75, 3.05) is 13.7 Å². The first kappa shape index (κ1) is 23.6. The number of rotatable bonds is 7. The van der Waals surface area contributed by atoms with Crippen LogP contribution >= 0.6 is 0 Å². The molecule has 9 nitrogen and oxygen atoms in total. The Morgan fingerprint density at radius 1 is 1.08 bits per heavy atom. The first-order chi connectivity index (χ1) is 17.5. The molecule has 36 heavy (non-hydrogen) atoms. The molecule has 1 aliphatic rings. The summed E-state index contributed by atoms with van der Waals surface area (Å²) < 4.78 is 7.16. The van der Waals surface area contributed by atoms with Crippen LogP contribution in [0.25, 0.3) is 28.3 Å². The Bertz CT molecular complexity index is 1380. The second-order valence-electron chi connectivity index (χ2n) is 9.04. The lowest BCUT2D eigenvalue weighted by molar-refractivity contribution is -0.122. The number of aryl methyl sites for hydroxylation is 1. The number of hydrogen-bond donors (Lipinski definition) is 1. The van der Waals surface area contributed by atoms with E-state index in [1.807, 2.05) is 22.9 Å². The first-order valence-electron chi connectivity index (χ1n) is 12.0. The van der Waals surface area contributed by atoms with Crippen molar-refractivity contribution in [3.05, 3.63) is 71.8 Å². The number of nitrogens with two attached hydrogens (primary N) is 1. The number of methoxy groups -OCH3 is 1. The van der Waals surface area contributed by atoms with E-state index in [-0.39, 0.29) is 11.9 Å². The Hall–Kier alpha value is -4.11. The molecule has 1 amide bonds. The van der Waals surface area contributed by atoms with Gasteiger partial charge < -0.3 is 10.5 Å². The molecule has 4 aromatic rings. The summed E-state index contributed by atoms with van der Waals surface area (Å²) in [6, 6.07) is 13.7. The van der Waals surface area contributed by atoms with Gasteiger partial charge in [-0.05, 0) is 62.1 Å². The average Bonchev–Trinajstić information content (AvgIpc) is 3.53. The highest BCUT2D eigenvalue weighted by molar-refractivity contribution is 5.80. The molecule has 5 rings (SSSR count). The topological polar surface area (TPSA) is 112 Å². The van der Waals surface area contributed by atoms with Gasteiger partial charge in [-0.25, -0.2) is 4.98 Å². The third-order valence-corrected chi connectivity index (χ3v) is 6.86. The molecule has 4 heterocycles. The smallest absolute Gasteiger partial charge is 0.234 e. The summed E-state index contributed by atoms with van der Waals surface area (Å²) in [5.74, 6) is 1.48. The van der Waals surface area contributed by atoms with Crippen LogP contribution < -0.4 is 10.5 Å². The summed E-state index contributed by atoms with van der Waals surface area (Å²) >= 11 is 0. The van der Waals surface area contributed by atoms with Crippen LogP contribution in [0, 0.1) is 13.8 Å². The van der Waals surface area contributed by atoms with E-state index in [1.165, 1.54) is 11.1 Å². The molecule has 184 valence electrons. The van der Waals surface area contributed by atoms with Crippen LogP contribution in [0.15, 0.2) is 54.9 Å². The van der Waals surface area contributed by atoms with E-state index in [0.717, 1.165) is 36.2 Å². The van der Waals surface area contributed by atoms with Crippen molar-refractivity contribution < 1.29 is 9.53 Å². The molecular formula is C27H29N7O2. The van der Waals surface area contributed by atoms with Gasteiger partial charge in [0.2, 0.25) is 11.8 Å². The number of nitrogens with zero attached hydrogens (tertiary/aromatic N) is 6. The van der Waals surface area contributed by atoms with Crippen molar-refractivity contribution in [3.8, 4) is 34.2 Å². The largest absolute Gasteiger partial charge is 0.481 e. The molecule has 1 aromatic carbocycles. The van der Waals surface area contributed by atoms with Crippen LogP contribution in [-0.4, -0.2) is 55.2 Å². The molecule has 1 atom stereocenters. The monoisotopic (exact) mass is 483 g/mol. The predicted octanol–water partition coefficient (Wildman–Crippen LogP) is 3.47. The normalized spacial score (nSPS) is 15.8. The van der Waals surface area contributed by atoms with Crippen LogP contribution in [-0.2, 0) is 11.3 Å². The fourth-order valence-corrected chi connectivity index (χ4v) is 4.75. The lowest BCUT2D eigenvalue weighted by Gasteiger charge is -2.21. The first-order valence-corrected chi connectivity index (χ1v) is 12.0. The number of likely N-dealkylation sites (tertiary alicyclic amines) is 1. The fourth-order valence-electron chi connectivity index (χ4n) is 4.75. The summed E-state index contributed by atoms with van der Waals surface area (Å²) in [7, 11) is 1.58. The Kier molecular flexibility index (Phi) is 6.47. The average molecular weight is 484 g/mol. The van der Waals surface area contributed by atoms with E-state index in [0.29, 0.717) is 29.8 Å². The molecule has 1 saturated heterocycles. The van der Waals surface area contributed by atoms with Gasteiger partial charge in [-0.3, -0.25) is 19.2 Å². The molecule has 9 heteroatoms. The van der Waals surface area contributed by atoms with Gasteiger partial charge in [-0.15, -0.1) is 10.2 Å². The second kappa shape index (κ2) is 9.87. The van der Waals surface area contributed by atoms with Crippen LogP contribution in [0.1, 0.15) is 29.8 Å². The van der Waals surface area contributed by atoms with Crippen molar-refractivity contribution in [2.24, 2.45) is 5.73 Å². The van der Waals surface area contributed by atoms with Crippen molar-refractivity contribution in [1.29, 1.82) is 0 Å². The van der Waals surface area contributed by atoms with E-state index in [9.17, 15) is 4.79 Å². The Labute approximate surface area is 210 Å². The maximum absolute atomic E-state index is 12.0. The van der Waals surface area contributed by atoms with Crippen LogP contribution in [0.3, 0.4) is 0 Å². The molecule has 0 saturated carbocycles. The number of carbonyl (C=O) groups is 1. The molecule has 2 N–H and O–H groups in total. The zero-order valence-corrected chi connectivity index (χ0v) is 20.7. The van der Waals surface area contributed by atoms with Crippen LogP contribution in [0.5, 0.6) is 5.88 Å². The van der Waals surface area contributed by atoms with Gasteiger partial charge in [-0.1, -0.05) is 24.3 Å². The third-order valence-electron chi connectivity index (χ3n) is 6.86. The molecule has 0 spiro atoms. The maximum Gasteiger partial charge on any atom is 0.234 e. The number of pyridine rings is 2. The van der Waals surface area contributed by atoms with Crippen LogP contribution in [0.4, 0.5) is 0 Å². The molecule has 1 aliphatic heterocycles. The lowest BCUT2D eigenvalue weighted by Crippen LogP contribution is -2.40. The Morgan fingerprint density at radius 2 is 1.94 bits per heavy atom. The van der Waals surface area contributed by atoms with Gasteiger partial charge >= 0.3 is 0 Å². The van der Waals surface area contributed by atoms with E-state index >= 15 is 0 Å². The minimum absolute atomic E-state index is 0.303. The molecular weight excluding hydrogens is 454 g/mol. The summed E-state index contributed by atoms with van der Waals surface area (Å²) in [5, 5.41) is 9.00. The third kappa shape index (κ3) is 4.45. The summed E-state index contributed by atoms with van der Waals surface area (Å²) in [6.07, 6.45) is 5.25. The number of benzene rings is 1. The molecule has 1 fully saturated rings. The Morgan fingerprint density at radius 3 is 2.64 bits per heavy atom. The molecule has 0 radical (unpaired) electrons. The van der Waals surface area contributed by atoms with Crippen molar-refractivity contribution in [1.82, 2.24) is 29.6 Å². The number of carbonyl (C=O) groups excluding carboxylic acids is 1. The molecule has 1 unspecified atom stereocenters. The summed E-state index contributed by atoms with van der Waals surface area (Å²) in [5.41, 5.74) is 11.8. The standard InChI is InChI=1S/C27H29N7O2/c1-17-6-4-7-21(18(17)2)19-9-11-22(29-14-19)27-32-31-24(16-33-13-5-8-23(33)26(28)35)34(27)20-10-12-25(36-3)30-15-20/h4,6-7,9-12,14-15,23H,5,8,13,16H2,1-3H3,(H2,28,35). The highest BCUT2D eigenvalue weighted by atomic mass is 16.5. The quantitative estimate of drug-likeness (QED) is 0.428. The molecule has 0 aliphatic carbocycles. The van der Waals surface area contributed by atoms with Gasteiger partial charge in [0, 0.05) is 17.8 Å². The van der Waals surface area contributed by atoms with E-state index in [4.69, 9.17) is 15.5 Å². The zero-order valence-electron chi connectivity index (χ0n) is 20.7. The minimum Gasteiger partial charge on any atom is -0.481 e. The summed E-state index contributed by atoms with van der Waals surface area (Å²) in [6.45, 7) is 5.44. The number of amides is 1. The second-order valence-corrected chi connectivity index (χ2v) is 9.04. The van der Waals surface area contributed by atoms with Gasteiger partial charge in [0.1, 0.15) is 5.69 Å². The van der Waals surface area contributed by atoms with E-state index in [1.54, 1.807) is 19.4 Å². The number of hydrogen-bond acceptors (Lipinski definition) is 7. The fraction of sp³-hybridized carbons (Fsp3) is 0.296. The highest BCUT2D eigenvalue weighted by Gasteiger charge is 2.31. The van der Waals surface area contributed by atoms with Crippen molar-refractivity contribution in [2.45, 2.75) is 39.3 Å². The van der Waals surface area contributed by atoms with Crippen molar-refractivity contribution in [3.63, 3.8) is 0 Å². The Balaban J connectivity index is 1.54. The van der Waals surface area contributed by atoms with Gasteiger partial charge in [0.25, 0.3) is 0 Å². The lowest BCUT2D eigenvalue weighted by atomic mass is 9.98. The van der Waals surface area contributed by atoms with Crippen LogP contribution in [0.2, 0.25) is 0 Å². The maximum atomic E-state index is 12.0. The molecule has 3 aromatic heterocycles.